The number of hydrogen-bond acceptors (Lipinski definition) is 2. The third-order valence-corrected chi connectivity index (χ3v) is 5.80. The Morgan fingerprint density at radius 1 is 1.15 bits per heavy atom. The maximum atomic E-state index is 10.4. The second kappa shape index (κ2) is 6.74. The van der Waals surface area contributed by atoms with Crippen molar-refractivity contribution in [2.75, 3.05) is 6.61 Å². The van der Waals surface area contributed by atoms with Crippen LogP contribution in [0.5, 0.6) is 5.75 Å². The Bertz CT molecular complexity index is 606. The minimum atomic E-state index is -0.961. The van der Waals surface area contributed by atoms with Crippen LogP contribution in [-0.4, -0.2) is 17.7 Å². The zero-order chi connectivity index (χ0) is 14.5. The normalized spacial score (nSPS) is 10.3. The second-order valence-corrected chi connectivity index (χ2v) is 7.43. The van der Waals surface area contributed by atoms with Crippen LogP contribution in [0, 0.1) is 21.0 Å². The Morgan fingerprint density at radius 3 is 2.50 bits per heavy atom. The summed E-state index contributed by atoms with van der Waals surface area (Å²) in [4.78, 5) is 10.4. The van der Waals surface area contributed by atoms with Gasteiger partial charge in [-0.1, -0.05) is 12.1 Å². The van der Waals surface area contributed by atoms with Crippen molar-refractivity contribution in [2.45, 2.75) is 13.8 Å². The Labute approximate surface area is 128 Å². The van der Waals surface area contributed by atoms with E-state index >= 15 is 0 Å². The molecule has 0 atom stereocenters. The number of carboxylic acid groups (broad SMARTS) is 1. The van der Waals surface area contributed by atoms with E-state index in [0.29, 0.717) is 5.75 Å². The van der Waals surface area contributed by atoms with Crippen LogP contribution in [0.4, 0.5) is 0 Å². The van der Waals surface area contributed by atoms with Crippen molar-refractivity contribution in [3.05, 3.63) is 60.7 Å². The van der Waals surface area contributed by atoms with Crippen molar-refractivity contribution in [2.24, 2.45) is 0 Å². The molecule has 104 valence electrons. The lowest BCUT2D eigenvalue weighted by Crippen LogP contribution is -3.61. The summed E-state index contributed by atoms with van der Waals surface area (Å²) in [7, 11) is 0. The molecule has 0 amide bonds. The lowest BCUT2D eigenvalue weighted by molar-refractivity contribution is -0.598. The topological polar surface area (TPSA) is 46.5 Å². The average molecular weight is 383 g/mol. The average Bonchev–Trinajstić information content (AvgIpc) is 2.42. The Hall–Kier alpha value is -1.56. The van der Waals surface area contributed by atoms with Crippen LogP contribution in [0.15, 0.2) is 42.5 Å². The highest BCUT2D eigenvalue weighted by atomic mass is 127. The molecule has 0 saturated carbocycles. The SMILES string of the molecule is Cc1ccc(C)c([I+]c2ccc(OCC(=O)O)cc2)c1. The molecule has 0 aromatic heterocycles. The Kier molecular flexibility index (Phi) is 5.00. The summed E-state index contributed by atoms with van der Waals surface area (Å²) >= 11 is -0.217. The summed E-state index contributed by atoms with van der Waals surface area (Å²) in [5.74, 6) is -0.363. The number of hydrogen-bond donors (Lipinski definition) is 1. The van der Waals surface area contributed by atoms with Gasteiger partial charge < -0.3 is 9.84 Å². The number of carbonyl (C=O) groups is 1. The molecule has 0 aliphatic carbocycles. The number of ether oxygens (including phenoxy) is 1. The second-order valence-electron chi connectivity index (χ2n) is 4.48. The molecule has 1 N–H and O–H groups in total. The molecule has 0 heterocycles. The van der Waals surface area contributed by atoms with Gasteiger partial charge in [-0.3, -0.25) is 0 Å². The van der Waals surface area contributed by atoms with Crippen molar-refractivity contribution in [1.29, 1.82) is 0 Å². The quantitative estimate of drug-likeness (QED) is 0.734. The van der Waals surface area contributed by atoms with E-state index in [9.17, 15) is 4.79 Å². The van der Waals surface area contributed by atoms with Crippen molar-refractivity contribution in [3.63, 3.8) is 0 Å². The van der Waals surface area contributed by atoms with Gasteiger partial charge in [0, 0.05) is 5.56 Å². The molecule has 2 aromatic rings. The van der Waals surface area contributed by atoms with Gasteiger partial charge in [0.2, 0.25) is 0 Å². The van der Waals surface area contributed by atoms with E-state index in [0.717, 1.165) is 0 Å². The van der Waals surface area contributed by atoms with Crippen molar-refractivity contribution >= 4 is 5.97 Å². The van der Waals surface area contributed by atoms with Gasteiger partial charge >= 0.3 is 27.2 Å². The van der Waals surface area contributed by atoms with E-state index in [1.807, 2.05) is 24.3 Å². The molecule has 2 rings (SSSR count). The van der Waals surface area contributed by atoms with Gasteiger partial charge in [-0.15, -0.1) is 0 Å². The van der Waals surface area contributed by atoms with Gasteiger partial charge in [0.15, 0.2) is 13.7 Å². The lowest BCUT2D eigenvalue weighted by atomic mass is 10.2. The molecule has 0 radical (unpaired) electrons. The van der Waals surface area contributed by atoms with Gasteiger partial charge in [0.1, 0.15) is 5.75 Å². The first-order valence-electron chi connectivity index (χ1n) is 6.21. The van der Waals surface area contributed by atoms with Gasteiger partial charge in [0.25, 0.3) is 0 Å². The van der Waals surface area contributed by atoms with Crippen LogP contribution in [-0.2, 0) is 4.79 Å². The molecule has 0 aliphatic rings. The highest BCUT2D eigenvalue weighted by Gasteiger charge is 2.18. The Balaban J connectivity index is 2.06. The van der Waals surface area contributed by atoms with Crippen LogP contribution in [0.1, 0.15) is 11.1 Å². The molecular formula is C16H16IO3+. The zero-order valence-electron chi connectivity index (χ0n) is 11.4. The third kappa shape index (κ3) is 4.23. The fourth-order valence-electron chi connectivity index (χ4n) is 1.66. The smallest absolute Gasteiger partial charge is 0.358 e. The van der Waals surface area contributed by atoms with Gasteiger partial charge in [-0.2, -0.15) is 0 Å². The molecule has 0 saturated heterocycles. The molecule has 3 nitrogen and oxygen atoms in total. The molecule has 0 bridgehead atoms. The maximum absolute atomic E-state index is 10.4. The first-order chi connectivity index (χ1) is 9.54. The highest BCUT2D eigenvalue weighted by Crippen LogP contribution is 2.08. The first-order valence-corrected chi connectivity index (χ1v) is 8.37. The lowest BCUT2D eigenvalue weighted by Gasteiger charge is -2.01. The summed E-state index contributed by atoms with van der Waals surface area (Å²) < 4.78 is 7.84. The fourth-order valence-corrected chi connectivity index (χ4v) is 4.30. The van der Waals surface area contributed by atoms with Crippen molar-refractivity contribution < 1.29 is 35.8 Å². The molecule has 0 fully saturated rings. The Morgan fingerprint density at radius 2 is 1.85 bits per heavy atom. The van der Waals surface area contributed by atoms with E-state index in [4.69, 9.17) is 9.84 Å². The molecule has 20 heavy (non-hydrogen) atoms. The number of aliphatic carboxylic acids is 1. The van der Waals surface area contributed by atoms with Crippen LogP contribution in [0.2, 0.25) is 0 Å². The summed E-state index contributed by atoms with van der Waals surface area (Å²) in [6.07, 6.45) is 0. The minimum Gasteiger partial charge on any atom is -0.482 e. The molecular weight excluding hydrogens is 367 g/mol. The first kappa shape index (κ1) is 14.8. The molecule has 0 aliphatic heterocycles. The third-order valence-electron chi connectivity index (χ3n) is 2.71. The van der Waals surface area contributed by atoms with Crippen LogP contribution >= 0.6 is 0 Å². The number of rotatable bonds is 5. The molecule has 0 spiro atoms. The summed E-state index contributed by atoms with van der Waals surface area (Å²) in [5.41, 5.74) is 2.61. The molecule has 2 aromatic carbocycles. The number of aryl methyl sites for hydroxylation is 2. The fraction of sp³-hybridized carbons (Fsp3) is 0.188. The van der Waals surface area contributed by atoms with Gasteiger partial charge in [-0.25, -0.2) is 4.79 Å². The van der Waals surface area contributed by atoms with Crippen molar-refractivity contribution in [1.82, 2.24) is 0 Å². The summed E-state index contributed by atoms with van der Waals surface area (Å²) in [6, 6.07) is 14.3. The largest absolute Gasteiger partial charge is 0.482 e. The summed E-state index contributed by atoms with van der Waals surface area (Å²) in [6.45, 7) is 3.94. The predicted octanol–water partition coefficient (Wildman–Crippen LogP) is -0.105. The number of carboxylic acids is 1. The van der Waals surface area contributed by atoms with E-state index in [-0.39, 0.29) is 27.8 Å². The summed E-state index contributed by atoms with van der Waals surface area (Å²) in [5, 5.41) is 8.56. The van der Waals surface area contributed by atoms with E-state index in [1.54, 1.807) is 0 Å². The highest BCUT2D eigenvalue weighted by molar-refractivity contribution is 5.68. The van der Waals surface area contributed by atoms with Crippen LogP contribution in [0.25, 0.3) is 0 Å². The number of benzene rings is 2. The van der Waals surface area contributed by atoms with E-state index in [1.165, 1.54) is 18.3 Å². The zero-order valence-corrected chi connectivity index (χ0v) is 13.5. The van der Waals surface area contributed by atoms with E-state index in [2.05, 4.69) is 32.0 Å². The van der Waals surface area contributed by atoms with Crippen LogP contribution in [0.3, 0.4) is 0 Å². The standard InChI is InChI=1S/C16H15IO3/c1-11-3-4-12(2)15(9-11)17-13-5-7-14(8-6-13)20-10-16(18)19/h3-9H,10H2,1-2H3/p+1. The molecule has 0 unspecified atom stereocenters. The minimum absolute atomic E-state index is 0.217. The predicted molar refractivity (Wildman–Crippen MR) is 72.9 cm³/mol. The van der Waals surface area contributed by atoms with E-state index < -0.39 is 5.97 Å². The van der Waals surface area contributed by atoms with Gasteiger partial charge in [0.05, 0.1) is 0 Å². The molecule has 4 heteroatoms. The monoisotopic (exact) mass is 383 g/mol. The maximum Gasteiger partial charge on any atom is 0.358 e. The van der Waals surface area contributed by atoms with Gasteiger partial charge in [-0.05, 0) is 49.7 Å². The van der Waals surface area contributed by atoms with Crippen molar-refractivity contribution in [3.8, 4) is 5.75 Å². The number of halogens is 1. The van der Waals surface area contributed by atoms with Crippen LogP contribution < -0.4 is 25.9 Å².